The van der Waals surface area contributed by atoms with E-state index in [-0.39, 0.29) is 5.05 Å². The molecule has 2 N–H and O–H groups in total. The molecule has 0 spiro atoms. The topological polar surface area (TPSA) is 40.5 Å². The van der Waals surface area contributed by atoms with Crippen LogP contribution in [-0.4, -0.2) is 21.4 Å². The van der Waals surface area contributed by atoms with Gasteiger partial charge in [0, 0.05) is 0 Å². The molecule has 0 aliphatic rings. The molecule has 1 rings (SSSR count). The molecule has 13 heavy (non-hydrogen) atoms. The highest BCUT2D eigenvalue weighted by molar-refractivity contribution is 7.80. The first-order chi connectivity index (χ1) is 6.20. The highest BCUT2D eigenvalue weighted by atomic mass is 32.1. The van der Waals surface area contributed by atoms with Gasteiger partial charge in [0.15, 0.2) is 5.05 Å². The van der Waals surface area contributed by atoms with Crippen molar-refractivity contribution in [3.8, 4) is 0 Å². The average Bonchev–Trinajstić information content (AvgIpc) is 2.15. The van der Waals surface area contributed by atoms with Crippen LogP contribution in [0.15, 0.2) is 30.3 Å². The Morgan fingerprint density at radius 2 is 1.92 bits per heavy atom. The first kappa shape index (κ1) is 10.2. The molecule has 0 aliphatic carbocycles. The minimum Gasteiger partial charge on any atom is -0.500 e. The number of aryl methyl sites for hydroxylation is 1. The molecule has 0 amide bonds. The number of thiocarbonyl (C=S) groups is 1. The van der Waals surface area contributed by atoms with E-state index in [0.717, 1.165) is 12.0 Å². The summed E-state index contributed by atoms with van der Waals surface area (Å²) in [6, 6.07) is 9.79. The Labute approximate surface area is 82.8 Å². The van der Waals surface area contributed by atoms with Crippen molar-refractivity contribution in [2.24, 2.45) is 0 Å². The summed E-state index contributed by atoms with van der Waals surface area (Å²) in [5.74, 6) is 0. The van der Waals surface area contributed by atoms with Gasteiger partial charge in [0.1, 0.15) is 6.10 Å². The predicted octanol–water partition coefficient (Wildman–Crippen LogP) is 1.87. The third kappa shape index (κ3) is 3.53. The number of aliphatic hydroxyl groups is 2. The van der Waals surface area contributed by atoms with Crippen molar-refractivity contribution in [2.75, 3.05) is 0 Å². The van der Waals surface area contributed by atoms with Crippen molar-refractivity contribution in [3.63, 3.8) is 0 Å². The number of benzene rings is 1. The minimum absolute atomic E-state index is 0.323. The Hall–Kier alpha value is -0.930. The average molecular weight is 196 g/mol. The molecule has 1 atom stereocenters. The maximum absolute atomic E-state index is 9.20. The van der Waals surface area contributed by atoms with E-state index in [9.17, 15) is 5.11 Å². The molecule has 0 bridgehead atoms. The fraction of sp³-hybridized carbons (Fsp3) is 0.300. The molecule has 0 saturated carbocycles. The van der Waals surface area contributed by atoms with Crippen molar-refractivity contribution in [1.29, 1.82) is 0 Å². The Morgan fingerprint density at radius 3 is 2.46 bits per heavy atom. The van der Waals surface area contributed by atoms with E-state index in [4.69, 9.17) is 5.11 Å². The zero-order valence-corrected chi connectivity index (χ0v) is 8.00. The zero-order valence-electron chi connectivity index (χ0n) is 7.18. The van der Waals surface area contributed by atoms with Gasteiger partial charge < -0.3 is 10.2 Å². The Morgan fingerprint density at radius 1 is 1.31 bits per heavy atom. The van der Waals surface area contributed by atoms with E-state index < -0.39 is 6.10 Å². The summed E-state index contributed by atoms with van der Waals surface area (Å²) in [6.45, 7) is 0. The highest BCUT2D eigenvalue weighted by Crippen LogP contribution is 2.05. The lowest BCUT2D eigenvalue weighted by atomic mass is 10.1. The van der Waals surface area contributed by atoms with Crippen molar-refractivity contribution in [3.05, 3.63) is 35.9 Å². The first-order valence-corrected chi connectivity index (χ1v) is 4.56. The standard InChI is InChI=1S/C10H12O2S/c11-9(10(12)13)7-6-8-4-2-1-3-5-8/h1-5,9,11H,6-7H2,(H,12,13). The lowest BCUT2D eigenvalue weighted by molar-refractivity contribution is 0.212. The van der Waals surface area contributed by atoms with Gasteiger partial charge >= 0.3 is 0 Å². The van der Waals surface area contributed by atoms with Gasteiger partial charge in [0.2, 0.25) is 0 Å². The SMILES string of the molecule is OC(=S)C(O)CCc1ccccc1. The van der Waals surface area contributed by atoms with Gasteiger partial charge in [-0.05, 0) is 30.6 Å². The van der Waals surface area contributed by atoms with Crippen LogP contribution < -0.4 is 0 Å². The third-order valence-corrected chi connectivity index (χ3v) is 2.11. The van der Waals surface area contributed by atoms with E-state index in [1.54, 1.807) is 0 Å². The van der Waals surface area contributed by atoms with Gasteiger partial charge in [-0.1, -0.05) is 30.3 Å². The summed E-state index contributed by atoms with van der Waals surface area (Å²) in [4.78, 5) is 0. The highest BCUT2D eigenvalue weighted by Gasteiger charge is 2.08. The maximum Gasteiger partial charge on any atom is 0.186 e. The summed E-state index contributed by atoms with van der Waals surface area (Å²) in [6.07, 6.45) is 0.317. The fourth-order valence-electron chi connectivity index (χ4n) is 1.07. The van der Waals surface area contributed by atoms with E-state index in [2.05, 4.69) is 12.2 Å². The van der Waals surface area contributed by atoms with Crippen molar-refractivity contribution >= 4 is 17.3 Å². The molecule has 2 nitrogen and oxygen atoms in total. The Kier molecular flexibility index (Phi) is 3.86. The number of rotatable bonds is 4. The largest absolute Gasteiger partial charge is 0.500 e. The molecule has 0 fully saturated rings. The lowest BCUT2D eigenvalue weighted by Gasteiger charge is -2.06. The molecule has 1 unspecified atom stereocenters. The molecule has 0 aromatic heterocycles. The van der Waals surface area contributed by atoms with E-state index in [1.807, 2.05) is 30.3 Å². The summed E-state index contributed by atoms with van der Waals surface area (Å²) >= 11 is 4.44. The molecule has 0 heterocycles. The van der Waals surface area contributed by atoms with E-state index in [0.29, 0.717) is 6.42 Å². The fourth-order valence-corrected chi connectivity index (χ4v) is 1.19. The van der Waals surface area contributed by atoms with Crippen LogP contribution >= 0.6 is 12.2 Å². The Balaban J connectivity index is 2.39. The van der Waals surface area contributed by atoms with Crippen molar-refractivity contribution < 1.29 is 10.2 Å². The molecular weight excluding hydrogens is 184 g/mol. The molecule has 0 aliphatic heterocycles. The molecule has 3 heteroatoms. The molecule has 0 saturated heterocycles. The second-order valence-corrected chi connectivity index (χ2v) is 3.30. The van der Waals surface area contributed by atoms with E-state index >= 15 is 0 Å². The number of hydrogen-bond acceptors (Lipinski definition) is 2. The van der Waals surface area contributed by atoms with Crippen molar-refractivity contribution in [1.82, 2.24) is 0 Å². The minimum atomic E-state index is -0.879. The van der Waals surface area contributed by atoms with Crippen LogP contribution in [0.1, 0.15) is 12.0 Å². The van der Waals surface area contributed by atoms with Crippen LogP contribution in [0.2, 0.25) is 0 Å². The van der Waals surface area contributed by atoms with Gasteiger partial charge in [-0.2, -0.15) is 0 Å². The van der Waals surface area contributed by atoms with Gasteiger partial charge in [-0.15, -0.1) is 0 Å². The molecule has 1 aromatic rings. The van der Waals surface area contributed by atoms with E-state index in [1.165, 1.54) is 0 Å². The summed E-state index contributed by atoms with van der Waals surface area (Å²) in [5, 5.41) is 17.7. The summed E-state index contributed by atoms with van der Waals surface area (Å²) in [5.41, 5.74) is 1.14. The smallest absolute Gasteiger partial charge is 0.186 e. The zero-order chi connectivity index (χ0) is 9.68. The summed E-state index contributed by atoms with van der Waals surface area (Å²) in [7, 11) is 0. The summed E-state index contributed by atoms with van der Waals surface area (Å²) < 4.78 is 0. The molecular formula is C10H12O2S. The number of aliphatic hydroxyl groups excluding tert-OH is 2. The Bertz CT molecular complexity index is 272. The second kappa shape index (κ2) is 4.94. The maximum atomic E-state index is 9.20. The molecule has 1 aromatic carbocycles. The van der Waals surface area contributed by atoms with Crippen LogP contribution in [0.5, 0.6) is 0 Å². The number of hydrogen-bond donors (Lipinski definition) is 2. The van der Waals surface area contributed by atoms with Gasteiger partial charge in [-0.3, -0.25) is 0 Å². The second-order valence-electron chi connectivity index (χ2n) is 2.88. The van der Waals surface area contributed by atoms with Crippen LogP contribution in [0, 0.1) is 0 Å². The lowest BCUT2D eigenvalue weighted by Crippen LogP contribution is -2.18. The van der Waals surface area contributed by atoms with Crippen LogP contribution in [0.3, 0.4) is 0 Å². The normalized spacial score (nSPS) is 12.4. The third-order valence-electron chi connectivity index (χ3n) is 1.83. The molecule has 70 valence electrons. The predicted molar refractivity (Wildman–Crippen MR) is 56.0 cm³/mol. The monoisotopic (exact) mass is 196 g/mol. The van der Waals surface area contributed by atoms with Crippen LogP contribution in [0.4, 0.5) is 0 Å². The van der Waals surface area contributed by atoms with Crippen LogP contribution in [-0.2, 0) is 6.42 Å². The van der Waals surface area contributed by atoms with Crippen LogP contribution in [0.25, 0.3) is 0 Å². The van der Waals surface area contributed by atoms with Crippen molar-refractivity contribution in [2.45, 2.75) is 18.9 Å². The first-order valence-electron chi connectivity index (χ1n) is 4.15. The quantitative estimate of drug-likeness (QED) is 0.722. The van der Waals surface area contributed by atoms with Gasteiger partial charge in [-0.25, -0.2) is 0 Å². The molecule has 0 radical (unpaired) electrons. The van der Waals surface area contributed by atoms with Gasteiger partial charge in [0.25, 0.3) is 0 Å². The van der Waals surface area contributed by atoms with Gasteiger partial charge in [0.05, 0.1) is 0 Å².